The molecule has 8 nitrogen and oxygen atoms in total. The molecule has 2 aliphatic heterocycles. The number of likely N-dealkylation sites (N-methyl/N-ethyl adjacent to an activating group) is 1. The monoisotopic (exact) mass is 389 g/mol. The smallest absolute Gasteiger partial charge is 0.200 e. The molecule has 0 radical (unpaired) electrons. The maximum Gasteiger partial charge on any atom is 0.200 e. The number of fused-ring (bicyclic) bond motifs is 2. The van der Waals surface area contributed by atoms with Gasteiger partial charge in [0.1, 0.15) is 6.10 Å². The van der Waals surface area contributed by atoms with Gasteiger partial charge in [0.25, 0.3) is 0 Å². The third-order valence-corrected chi connectivity index (χ3v) is 5.61. The van der Waals surface area contributed by atoms with Crippen molar-refractivity contribution in [2.24, 2.45) is 0 Å². The second-order valence-electron chi connectivity index (χ2n) is 7.09. The van der Waals surface area contributed by atoms with Crippen LogP contribution in [0.2, 0.25) is 0 Å². The number of benzene rings is 2. The van der Waals surface area contributed by atoms with Gasteiger partial charge in [0.05, 0.1) is 20.3 Å². The molecule has 0 bridgehead atoms. The molecular formula is C20H23NO7. The lowest BCUT2D eigenvalue weighted by Gasteiger charge is -2.38. The van der Waals surface area contributed by atoms with Gasteiger partial charge in [0.2, 0.25) is 5.75 Å². The fourth-order valence-corrected chi connectivity index (χ4v) is 4.19. The zero-order chi connectivity index (χ0) is 20.2. The van der Waals surface area contributed by atoms with Gasteiger partial charge in [-0.25, -0.2) is 0 Å². The maximum absolute atomic E-state index is 10.6. The molecule has 150 valence electrons. The van der Waals surface area contributed by atoms with Crippen LogP contribution in [0.3, 0.4) is 0 Å². The van der Waals surface area contributed by atoms with Gasteiger partial charge < -0.3 is 34.6 Å². The number of hydrogen-bond acceptors (Lipinski definition) is 8. The molecule has 2 aliphatic rings. The number of nitrogens with zero attached hydrogens (tertiary/aromatic N) is 1. The Hall–Kier alpha value is -2.68. The van der Waals surface area contributed by atoms with E-state index in [1.54, 1.807) is 12.1 Å². The third-order valence-electron chi connectivity index (χ3n) is 5.61. The first-order valence-electron chi connectivity index (χ1n) is 8.93. The molecule has 4 rings (SSSR count). The molecule has 0 spiro atoms. The van der Waals surface area contributed by atoms with Gasteiger partial charge in [-0.05, 0) is 42.8 Å². The number of methoxy groups -OCH3 is 2. The molecule has 3 atom stereocenters. The lowest BCUT2D eigenvalue weighted by atomic mass is 9.85. The summed E-state index contributed by atoms with van der Waals surface area (Å²) in [4.78, 5) is 1.99. The van der Waals surface area contributed by atoms with E-state index < -0.39 is 24.2 Å². The Balaban J connectivity index is 1.87. The lowest BCUT2D eigenvalue weighted by molar-refractivity contribution is -0.142. The van der Waals surface area contributed by atoms with Crippen molar-refractivity contribution >= 4 is 0 Å². The summed E-state index contributed by atoms with van der Waals surface area (Å²) >= 11 is 0. The molecule has 2 aromatic carbocycles. The summed E-state index contributed by atoms with van der Waals surface area (Å²) in [6.45, 7) is 0.653. The Kier molecular flexibility index (Phi) is 4.49. The number of ether oxygens (including phenoxy) is 3. The van der Waals surface area contributed by atoms with Gasteiger partial charge in [-0.3, -0.25) is 4.90 Å². The van der Waals surface area contributed by atoms with E-state index in [1.807, 2.05) is 11.9 Å². The molecule has 8 heteroatoms. The van der Waals surface area contributed by atoms with E-state index >= 15 is 0 Å². The van der Waals surface area contributed by atoms with Gasteiger partial charge in [0.15, 0.2) is 29.3 Å². The minimum absolute atomic E-state index is 0.362. The molecule has 0 saturated carbocycles. The lowest BCUT2D eigenvalue weighted by Crippen LogP contribution is -2.36. The number of phenolic OH excluding ortho intramolecular Hbond substituents is 3. The molecule has 4 N–H and O–H groups in total. The first kappa shape index (κ1) is 18.7. The van der Waals surface area contributed by atoms with Crippen molar-refractivity contribution in [1.29, 1.82) is 0 Å². The van der Waals surface area contributed by atoms with E-state index in [9.17, 15) is 20.4 Å². The quantitative estimate of drug-likeness (QED) is 0.591. The van der Waals surface area contributed by atoms with Gasteiger partial charge >= 0.3 is 0 Å². The van der Waals surface area contributed by atoms with Gasteiger partial charge in [-0.1, -0.05) is 0 Å². The van der Waals surface area contributed by atoms with Crippen LogP contribution < -0.4 is 9.47 Å². The zero-order valence-corrected chi connectivity index (χ0v) is 15.8. The van der Waals surface area contributed by atoms with Gasteiger partial charge in [-0.2, -0.15) is 0 Å². The van der Waals surface area contributed by atoms with Gasteiger partial charge in [-0.15, -0.1) is 0 Å². The van der Waals surface area contributed by atoms with E-state index in [-0.39, 0.29) is 11.5 Å². The Morgan fingerprint density at radius 1 is 1.00 bits per heavy atom. The van der Waals surface area contributed by atoms with Crippen molar-refractivity contribution in [3.05, 3.63) is 40.5 Å². The standard InChI is InChI=1S/C20H23NO7/c1-21-5-4-9-6-12(22)17(23)18(24)15(9)16(21)19-10-7-13(26-2)14(27-3)8-11(10)20(25)28-19/h6-8,16,19-20,22-25H,4-5H2,1-3H3. The van der Waals surface area contributed by atoms with Crippen LogP contribution in [0, 0.1) is 0 Å². The summed E-state index contributed by atoms with van der Waals surface area (Å²) in [6.07, 6.45) is -1.19. The molecule has 2 heterocycles. The number of hydrogen-bond donors (Lipinski definition) is 4. The van der Waals surface area contributed by atoms with Crippen LogP contribution in [0.5, 0.6) is 28.7 Å². The van der Waals surface area contributed by atoms with Crippen molar-refractivity contribution in [1.82, 2.24) is 4.90 Å². The largest absolute Gasteiger partial charge is 0.504 e. The van der Waals surface area contributed by atoms with Crippen LogP contribution >= 0.6 is 0 Å². The zero-order valence-electron chi connectivity index (χ0n) is 15.8. The summed E-state index contributed by atoms with van der Waals surface area (Å²) in [7, 11) is 4.92. The van der Waals surface area contributed by atoms with Crippen molar-refractivity contribution < 1.29 is 34.6 Å². The Labute approximate surface area is 162 Å². The van der Waals surface area contributed by atoms with Crippen molar-refractivity contribution in [2.75, 3.05) is 27.8 Å². The molecule has 3 unspecified atom stereocenters. The molecule has 0 saturated heterocycles. The van der Waals surface area contributed by atoms with Crippen LogP contribution in [0.4, 0.5) is 0 Å². The number of aromatic hydroxyl groups is 3. The molecule has 0 aliphatic carbocycles. The first-order chi connectivity index (χ1) is 13.4. The molecule has 2 aromatic rings. The second kappa shape index (κ2) is 6.73. The highest BCUT2D eigenvalue weighted by Gasteiger charge is 2.43. The Morgan fingerprint density at radius 2 is 1.64 bits per heavy atom. The minimum Gasteiger partial charge on any atom is -0.504 e. The average molecular weight is 389 g/mol. The summed E-state index contributed by atoms with van der Waals surface area (Å²) < 4.78 is 16.6. The fourth-order valence-electron chi connectivity index (χ4n) is 4.19. The van der Waals surface area contributed by atoms with Crippen LogP contribution in [0.25, 0.3) is 0 Å². The summed E-state index contributed by atoms with van der Waals surface area (Å²) in [5.74, 6) is -0.324. The summed E-state index contributed by atoms with van der Waals surface area (Å²) in [5.41, 5.74) is 2.47. The topological polar surface area (TPSA) is 112 Å². The fraction of sp³-hybridized carbons (Fsp3) is 0.400. The summed E-state index contributed by atoms with van der Waals surface area (Å²) in [6, 6.07) is 4.42. The van der Waals surface area contributed by atoms with Crippen molar-refractivity contribution in [3.63, 3.8) is 0 Å². The summed E-state index contributed by atoms with van der Waals surface area (Å²) in [5, 5.41) is 41.0. The van der Waals surface area contributed by atoms with E-state index in [0.717, 1.165) is 5.56 Å². The number of aliphatic hydroxyl groups is 1. The van der Waals surface area contributed by atoms with Crippen LogP contribution in [-0.2, 0) is 11.2 Å². The van der Waals surface area contributed by atoms with E-state index in [1.165, 1.54) is 20.3 Å². The number of aliphatic hydroxyl groups excluding tert-OH is 1. The second-order valence-corrected chi connectivity index (χ2v) is 7.09. The normalized spacial score (nSPS) is 23.9. The molecule has 0 fully saturated rings. The minimum atomic E-state index is -1.16. The highest BCUT2D eigenvalue weighted by molar-refractivity contribution is 5.60. The maximum atomic E-state index is 10.6. The molecule has 0 amide bonds. The van der Waals surface area contributed by atoms with E-state index in [0.29, 0.717) is 41.2 Å². The van der Waals surface area contributed by atoms with Crippen LogP contribution in [-0.4, -0.2) is 53.1 Å². The van der Waals surface area contributed by atoms with E-state index in [4.69, 9.17) is 14.2 Å². The third kappa shape index (κ3) is 2.64. The van der Waals surface area contributed by atoms with Crippen LogP contribution in [0.1, 0.15) is 40.7 Å². The predicted molar refractivity (Wildman–Crippen MR) is 98.8 cm³/mol. The SMILES string of the molecule is COc1cc2c(cc1OC)C(C1c3c(cc(O)c(O)c3O)CCN1C)OC2O. The highest BCUT2D eigenvalue weighted by Crippen LogP contribution is 2.54. The number of rotatable bonds is 3. The highest BCUT2D eigenvalue weighted by atomic mass is 16.6. The Morgan fingerprint density at radius 3 is 2.29 bits per heavy atom. The Bertz CT molecular complexity index is 930. The van der Waals surface area contributed by atoms with Crippen molar-refractivity contribution in [3.8, 4) is 28.7 Å². The predicted octanol–water partition coefficient (Wildman–Crippen LogP) is 2.11. The van der Waals surface area contributed by atoms with E-state index in [2.05, 4.69) is 0 Å². The van der Waals surface area contributed by atoms with Crippen LogP contribution in [0.15, 0.2) is 18.2 Å². The average Bonchev–Trinajstić information content (AvgIpc) is 3.00. The molecule has 0 aromatic heterocycles. The van der Waals surface area contributed by atoms with Gasteiger partial charge in [0, 0.05) is 17.7 Å². The first-order valence-corrected chi connectivity index (χ1v) is 8.93. The molecule has 28 heavy (non-hydrogen) atoms. The van der Waals surface area contributed by atoms with Crippen molar-refractivity contribution in [2.45, 2.75) is 24.9 Å². The number of phenols is 3. The molecular weight excluding hydrogens is 366 g/mol.